The molecule has 2 N–H and O–H groups in total. The van der Waals surface area contributed by atoms with Crippen molar-refractivity contribution in [3.8, 4) is 16.9 Å². The number of para-hydroxylation sites is 1. The number of nitrogens with zero attached hydrogens (tertiary/aromatic N) is 3. The maximum Gasteiger partial charge on any atom is 0.262 e. The van der Waals surface area contributed by atoms with Crippen LogP contribution >= 0.6 is 0 Å². The molecule has 0 bridgehead atoms. The largest absolute Gasteiger partial charge is 0.322 e. The van der Waals surface area contributed by atoms with Crippen LogP contribution in [0.5, 0.6) is 0 Å². The Kier molecular flexibility index (Phi) is 6.15. The SMILES string of the molecule is O=C(Nc1cccc(S(=O)(=O)NC2=NCCC2)c1)c1cn(-c2ccccc2)nc1-c1ccccc1. The van der Waals surface area contributed by atoms with Gasteiger partial charge in [-0.25, -0.2) is 13.1 Å². The van der Waals surface area contributed by atoms with Gasteiger partial charge in [-0.2, -0.15) is 5.10 Å². The number of amidine groups is 1. The molecule has 0 spiro atoms. The lowest BCUT2D eigenvalue weighted by Gasteiger charge is -2.10. The van der Waals surface area contributed by atoms with Crippen LogP contribution in [0.1, 0.15) is 23.2 Å². The number of rotatable bonds is 6. The summed E-state index contributed by atoms with van der Waals surface area (Å²) in [5, 5.41) is 7.49. The van der Waals surface area contributed by atoms with Crippen LogP contribution in [0.2, 0.25) is 0 Å². The lowest BCUT2D eigenvalue weighted by atomic mass is 10.1. The molecule has 8 nitrogen and oxygen atoms in total. The molecule has 1 amide bonds. The molecule has 0 fully saturated rings. The Morgan fingerprint density at radius 2 is 1.66 bits per heavy atom. The summed E-state index contributed by atoms with van der Waals surface area (Å²) in [6.45, 7) is 0.619. The van der Waals surface area contributed by atoms with E-state index in [2.05, 4.69) is 20.1 Å². The number of sulfonamides is 1. The third-order valence-electron chi connectivity index (χ3n) is 5.56. The van der Waals surface area contributed by atoms with E-state index < -0.39 is 15.9 Å². The number of hydrogen-bond acceptors (Lipinski definition) is 5. The summed E-state index contributed by atoms with van der Waals surface area (Å²) in [7, 11) is -3.80. The van der Waals surface area contributed by atoms with Crippen molar-refractivity contribution in [1.29, 1.82) is 0 Å². The van der Waals surface area contributed by atoms with E-state index in [0.29, 0.717) is 35.7 Å². The minimum atomic E-state index is -3.80. The molecule has 3 aromatic carbocycles. The van der Waals surface area contributed by atoms with Gasteiger partial charge in [-0.15, -0.1) is 0 Å². The van der Waals surface area contributed by atoms with Crippen LogP contribution in [-0.4, -0.2) is 36.5 Å². The van der Waals surface area contributed by atoms with Crippen molar-refractivity contribution in [2.75, 3.05) is 11.9 Å². The fraction of sp³-hybridized carbons (Fsp3) is 0.115. The fourth-order valence-corrected chi connectivity index (χ4v) is 4.97. The molecule has 1 aliphatic rings. The molecule has 1 aromatic heterocycles. The Morgan fingerprint density at radius 1 is 0.914 bits per heavy atom. The highest BCUT2D eigenvalue weighted by atomic mass is 32.2. The van der Waals surface area contributed by atoms with Gasteiger partial charge in [0.15, 0.2) is 0 Å². The molecule has 0 radical (unpaired) electrons. The van der Waals surface area contributed by atoms with E-state index in [1.54, 1.807) is 23.0 Å². The van der Waals surface area contributed by atoms with Gasteiger partial charge in [0, 0.05) is 30.4 Å². The summed E-state index contributed by atoms with van der Waals surface area (Å²) in [6.07, 6.45) is 3.10. The van der Waals surface area contributed by atoms with Gasteiger partial charge in [0.1, 0.15) is 11.5 Å². The zero-order valence-corrected chi connectivity index (χ0v) is 19.6. The molecule has 0 atom stereocenters. The van der Waals surface area contributed by atoms with E-state index in [-0.39, 0.29) is 4.90 Å². The molecule has 0 saturated carbocycles. The summed E-state index contributed by atoms with van der Waals surface area (Å²) in [5.41, 5.74) is 2.86. The van der Waals surface area contributed by atoms with E-state index in [4.69, 9.17) is 0 Å². The first kappa shape index (κ1) is 22.5. The van der Waals surface area contributed by atoms with Crippen molar-refractivity contribution in [2.24, 2.45) is 4.99 Å². The topological polar surface area (TPSA) is 105 Å². The van der Waals surface area contributed by atoms with Crippen molar-refractivity contribution in [2.45, 2.75) is 17.7 Å². The van der Waals surface area contributed by atoms with Gasteiger partial charge in [-0.1, -0.05) is 54.6 Å². The quantitative estimate of drug-likeness (QED) is 0.426. The maximum atomic E-state index is 13.3. The van der Waals surface area contributed by atoms with Gasteiger partial charge in [0.2, 0.25) is 0 Å². The molecule has 35 heavy (non-hydrogen) atoms. The molecular formula is C26H23N5O3S. The van der Waals surface area contributed by atoms with Gasteiger partial charge in [-0.05, 0) is 36.8 Å². The third kappa shape index (κ3) is 4.99. The standard InChI is InChI=1S/C26H23N5O3S/c32-26(28-20-11-7-14-22(17-20)35(33,34)30-24-15-8-16-27-24)23-18-31(21-12-5-2-6-13-21)29-25(23)19-9-3-1-4-10-19/h1-7,9-14,17-18H,8,15-16H2,(H,27,30)(H,28,32). The summed E-state index contributed by atoms with van der Waals surface area (Å²) in [5.74, 6) is 0.0639. The highest BCUT2D eigenvalue weighted by Gasteiger charge is 2.21. The molecule has 0 saturated heterocycles. The van der Waals surface area contributed by atoms with Crippen LogP contribution in [0.15, 0.2) is 101 Å². The summed E-state index contributed by atoms with van der Waals surface area (Å²) >= 11 is 0. The molecule has 176 valence electrons. The average molecular weight is 486 g/mol. The highest BCUT2D eigenvalue weighted by Crippen LogP contribution is 2.25. The van der Waals surface area contributed by atoms with Crippen LogP contribution in [0, 0.1) is 0 Å². The lowest BCUT2D eigenvalue weighted by molar-refractivity contribution is 0.102. The Morgan fingerprint density at radius 3 is 2.37 bits per heavy atom. The molecule has 9 heteroatoms. The predicted octanol–water partition coefficient (Wildman–Crippen LogP) is 4.26. The van der Waals surface area contributed by atoms with E-state index >= 15 is 0 Å². The van der Waals surface area contributed by atoms with Crippen LogP contribution < -0.4 is 10.0 Å². The van der Waals surface area contributed by atoms with E-state index in [1.807, 2.05) is 60.7 Å². The second kappa shape index (κ2) is 9.55. The molecule has 2 heterocycles. The molecule has 0 unspecified atom stereocenters. The second-order valence-corrected chi connectivity index (χ2v) is 9.74. The van der Waals surface area contributed by atoms with Gasteiger partial charge < -0.3 is 5.32 Å². The van der Waals surface area contributed by atoms with Crippen LogP contribution in [0.25, 0.3) is 16.9 Å². The normalized spacial score (nSPS) is 13.3. The zero-order valence-electron chi connectivity index (χ0n) is 18.8. The molecule has 5 rings (SSSR count). The first-order chi connectivity index (χ1) is 17.0. The Bertz CT molecular complexity index is 1500. The monoisotopic (exact) mass is 485 g/mol. The number of carbonyl (C=O) groups excluding carboxylic acids is 1. The van der Waals surface area contributed by atoms with Crippen molar-refractivity contribution in [3.63, 3.8) is 0 Å². The fourth-order valence-electron chi connectivity index (χ4n) is 3.84. The van der Waals surface area contributed by atoms with Gasteiger partial charge >= 0.3 is 0 Å². The highest BCUT2D eigenvalue weighted by molar-refractivity contribution is 7.90. The van der Waals surface area contributed by atoms with Crippen molar-refractivity contribution in [3.05, 3.63) is 96.7 Å². The summed E-state index contributed by atoms with van der Waals surface area (Å²) in [4.78, 5) is 17.6. The van der Waals surface area contributed by atoms with Crippen LogP contribution in [-0.2, 0) is 10.0 Å². The van der Waals surface area contributed by atoms with Gasteiger partial charge in [0.25, 0.3) is 15.9 Å². The number of carbonyl (C=O) groups is 1. The molecule has 4 aromatic rings. The first-order valence-electron chi connectivity index (χ1n) is 11.2. The molecule has 0 aliphatic carbocycles. The number of amides is 1. The number of aromatic nitrogens is 2. The first-order valence-corrected chi connectivity index (χ1v) is 12.7. The van der Waals surface area contributed by atoms with Crippen LogP contribution in [0.4, 0.5) is 5.69 Å². The van der Waals surface area contributed by atoms with Gasteiger partial charge in [0.05, 0.1) is 16.1 Å². The van der Waals surface area contributed by atoms with E-state index in [1.165, 1.54) is 12.1 Å². The van der Waals surface area contributed by atoms with Gasteiger partial charge in [-0.3, -0.25) is 14.5 Å². The number of anilines is 1. The van der Waals surface area contributed by atoms with Crippen LogP contribution in [0.3, 0.4) is 0 Å². The zero-order chi connectivity index (χ0) is 24.3. The summed E-state index contributed by atoms with van der Waals surface area (Å²) < 4.78 is 29.7. The van der Waals surface area contributed by atoms with Crippen molar-refractivity contribution < 1.29 is 13.2 Å². The number of hydrogen-bond donors (Lipinski definition) is 2. The lowest BCUT2D eigenvalue weighted by Crippen LogP contribution is -2.29. The average Bonchev–Trinajstić information content (AvgIpc) is 3.55. The van der Waals surface area contributed by atoms with Crippen molar-refractivity contribution in [1.82, 2.24) is 14.5 Å². The van der Waals surface area contributed by atoms with Crippen molar-refractivity contribution >= 4 is 27.5 Å². The second-order valence-electron chi connectivity index (χ2n) is 8.06. The Hall–Kier alpha value is -4.24. The van der Waals surface area contributed by atoms with E-state index in [0.717, 1.165) is 17.7 Å². The predicted molar refractivity (Wildman–Crippen MR) is 135 cm³/mol. The molecule has 1 aliphatic heterocycles. The number of nitrogens with one attached hydrogen (secondary N) is 2. The number of aliphatic imine (C=N–C) groups is 1. The molecular weight excluding hydrogens is 462 g/mol. The minimum absolute atomic E-state index is 0.0492. The smallest absolute Gasteiger partial charge is 0.262 e. The third-order valence-corrected chi connectivity index (χ3v) is 6.93. The Balaban J connectivity index is 1.45. The maximum absolute atomic E-state index is 13.3. The minimum Gasteiger partial charge on any atom is -0.322 e. The number of benzene rings is 3. The van der Waals surface area contributed by atoms with E-state index in [9.17, 15) is 13.2 Å². The Labute approximate surface area is 203 Å². The summed E-state index contributed by atoms with van der Waals surface area (Å²) in [6, 6.07) is 25.1.